The standard InChI is InChI=1S/C40H45N3O7/c1-4-5-6-7-8-25-49-35-23-15-32(16-24-35)40(47)50-36-21-11-30(12-22-36)27-43(28-38(45)41-2)39(46)31-13-17-33(18-14-31)42-37(44)26-29-9-19-34(48-3)20-10-29/h9-24H,4-8,25-28H2,1-3H3,(H,41,45)(H,42,44). The molecule has 0 saturated heterocycles. The van der Waals surface area contributed by atoms with Crippen molar-refractivity contribution in [2.75, 3.05) is 32.6 Å². The van der Waals surface area contributed by atoms with Crippen molar-refractivity contribution in [3.05, 3.63) is 119 Å². The van der Waals surface area contributed by atoms with E-state index in [1.807, 2.05) is 12.1 Å². The molecule has 4 rings (SSSR count). The van der Waals surface area contributed by atoms with Crippen LogP contribution in [0.4, 0.5) is 5.69 Å². The van der Waals surface area contributed by atoms with E-state index in [-0.39, 0.29) is 37.2 Å². The van der Waals surface area contributed by atoms with Gasteiger partial charge in [0.2, 0.25) is 11.8 Å². The van der Waals surface area contributed by atoms with Crippen LogP contribution in [0.1, 0.15) is 70.9 Å². The highest BCUT2D eigenvalue weighted by molar-refractivity contribution is 5.98. The number of likely N-dealkylation sites (N-methyl/N-ethyl adjacent to an activating group) is 1. The number of ether oxygens (including phenoxy) is 3. The maximum absolute atomic E-state index is 13.5. The quantitative estimate of drug-likeness (QED) is 0.0671. The van der Waals surface area contributed by atoms with Gasteiger partial charge in [-0.15, -0.1) is 0 Å². The Labute approximate surface area is 293 Å². The van der Waals surface area contributed by atoms with Gasteiger partial charge in [0.05, 0.1) is 25.7 Å². The molecule has 0 aliphatic rings. The van der Waals surface area contributed by atoms with E-state index >= 15 is 0 Å². The zero-order chi connectivity index (χ0) is 35.7. The van der Waals surface area contributed by atoms with Crippen LogP contribution in [-0.2, 0) is 22.6 Å². The number of rotatable bonds is 18. The number of esters is 1. The summed E-state index contributed by atoms with van der Waals surface area (Å²) in [4.78, 5) is 52.5. The number of anilines is 1. The summed E-state index contributed by atoms with van der Waals surface area (Å²) >= 11 is 0. The molecule has 2 N–H and O–H groups in total. The van der Waals surface area contributed by atoms with Gasteiger partial charge in [0, 0.05) is 24.8 Å². The van der Waals surface area contributed by atoms with Crippen LogP contribution < -0.4 is 24.8 Å². The summed E-state index contributed by atoms with van der Waals surface area (Å²) in [6.45, 7) is 2.81. The highest BCUT2D eigenvalue weighted by Crippen LogP contribution is 2.20. The molecular weight excluding hydrogens is 634 g/mol. The first-order valence-corrected chi connectivity index (χ1v) is 16.8. The van der Waals surface area contributed by atoms with Crippen LogP contribution >= 0.6 is 0 Å². The fourth-order valence-electron chi connectivity index (χ4n) is 5.10. The number of benzene rings is 4. The van der Waals surface area contributed by atoms with Gasteiger partial charge in [0.15, 0.2) is 0 Å². The van der Waals surface area contributed by atoms with E-state index in [2.05, 4.69) is 17.6 Å². The Bertz CT molecular complexity index is 1690. The lowest BCUT2D eigenvalue weighted by Gasteiger charge is -2.22. The largest absolute Gasteiger partial charge is 0.497 e. The maximum atomic E-state index is 13.5. The number of carbonyl (C=O) groups excluding carboxylic acids is 4. The first-order chi connectivity index (χ1) is 24.3. The third-order valence-electron chi connectivity index (χ3n) is 7.95. The minimum atomic E-state index is -0.499. The summed E-state index contributed by atoms with van der Waals surface area (Å²) in [5.41, 5.74) is 2.87. The Kier molecular flexibility index (Phi) is 14.4. The number of carbonyl (C=O) groups is 4. The molecule has 0 saturated carbocycles. The number of amides is 3. The van der Waals surface area contributed by atoms with Gasteiger partial charge in [0.25, 0.3) is 5.91 Å². The number of methoxy groups -OCH3 is 1. The minimum Gasteiger partial charge on any atom is -0.497 e. The maximum Gasteiger partial charge on any atom is 0.343 e. The van der Waals surface area contributed by atoms with E-state index in [9.17, 15) is 19.2 Å². The Hall–Kier alpha value is -5.64. The average molecular weight is 680 g/mol. The number of nitrogens with zero attached hydrogens (tertiary/aromatic N) is 1. The van der Waals surface area contributed by atoms with Crippen LogP contribution in [0.15, 0.2) is 97.1 Å². The third-order valence-corrected chi connectivity index (χ3v) is 7.95. The van der Waals surface area contributed by atoms with Crippen molar-refractivity contribution in [2.45, 2.75) is 52.0 Å². The van der Waals surface area contributed by atoms with Crippen molar-refractivity contribution in [1.82, 2.24) is 10.2 Å². The number of hydrogen-bond acceptors (Lipinski definition) is 7. The van der Waals surface area contributed by atoms with E-state index in [0.29, 0.717) is 40.7 Å². The molecule has 50 heavy (non-hydrogen) atoms. The van der Waals surface area contributed by atoms with Gasteiger partial charge < -0.3 is 29.7 Å². The molecule has 262 valence electrons. The van der Waals surface area contributed by atoms with Crippen LogP contribution in [0.25, 0.3) is 0 Å². The predicted molar refractivity (Wildman–Crippen MR) is 193 cm³/mol. The smallest absolute Gasteiger partial charge is 0.343 e. The third kappa shape index (κ3) is 11.8. The fraction of sp³-hybridized carbons (Fsp3) is 0.300. The average Bonchev–Trinajstić information content (AvgIpc) is 3.14. The van der Waals surface area contributed by atoms with Crippen LogP contribution in [0.2, 0.25) is 0 Å². The molecule has 0 heterocycles. The number of unbranched alkanes of at least 4 members (excludes halogenated alkanes) is 4. The summed E-state index contributed by atoms with van der Waals surface area (Å²) in [7, 11) is 3.09. The SMILES string of the molecule is CCCCCCCOc1ccc(C(=O)Oc2ccc(CN(CC(=O)NC)C(=O)c3ccc(NC(=O)Cc4ccc(OC)cc4)cc3)cc2)cc1. The second kappa shape index (κ2) is 19.4. The molecule has 0 unspecified atom stereocenters. The van der Waals surface area contributed by atoms with Crippen molar-refractivity contribution >= 4 is 29.4 Å². The Morgan fingerprint density at radius 3 is 1.90 bits per heavy atom. The van der Waals surface area contributed by atoms with Crippen molar-refractivity contribution in [3.8, 4) is 17.2 Å². The summed E-state index contributed by atoms with van der Waals surface area (Å²) in [6, 6.07) is 27.4. The van der Waals surface area contributed by atoms with E-state index < -0.39 is 5.97 Å². The van der Waals surface area contributed by atoms with E-state index in [4.69, 9.17) is 14.2 Å². The topological polar surface area (TPSA) is 123 Å². The van der Waals surface area contributed by atoms with Crippen molar-refractivity contribution in [1.29, 1.82) is 0 Å². The summed E-state index contributed by atoms with van der Waals surface area (Å²) in [5.74, 6) is 0.390. The van der Waals surface area contributed by atoms with Gasteiger partial charge in [-0.1, -0.05) is 56.9 Å². The molecule has 0 aromatic heterocycles. The minimum absolute atomic E-state index is 0.140. The first-order valence-electron chi connectivity index (χ1n) is 16.8. The van der Waals surface area contributed by atoms with Crippen LogP contribution in [0.3, 0.4) is 0 Å². The molecule has 0 fully saturated rings. The van der Waals surface area contributed by atoms with E-state index in [1.54, 1.807) is 92.0 Å². The monoisotopic (exact) mass is 679 g/mol. The number of hydrogen-bond donors (Lipinski definition) is 2. The molecule has 4 aromatic rings. The molecular formula is C40H45N3O7. The lowest BCUT2D eigenvalue weighted by molar-refractivity contribution is -0.121. The van der Waals surface area contributed by atoms with Gasteiger partial charge in [-0.05, 0) is 90.3 Å². The molecule has 0 radical (unpaired) electrons. The zero-order valence-corrected chi connectivity index (χ0v) is 28.9. The summed E-state index contributed by atoms with van der Waals surface area (Å²) in [5, 5.41) is 5.40. The molecule has 4 aromatic carbocycles. The van der Waals surface area contributed by atoms with Gasteiger partial charge in [-0.3, -0.25) is 14.4 Å². The molecule has 10 nitrogen and oxygen atoms in total. The normalized spacial score (nSPS) is 10.5. The summed E-state index contributed by atoms with van der Waals surface area (Å²) in [6.07, 6.45) is 5.98. The molecule has 0 spiro atoms. The van der Waals surface area contributed by atoms with Crippen molar-refractivity contribution < 1.29 is 33.4 Å². The van der Waals surface area contributed by atoms with E-state index in [0.717, 1.165) is 24.0 Å². The second-order valence-corrected chi connectivity index (χ2v) is 11.8. The Morgan fingerprint density at radius 2 is 1.26 bits per heavy atom. The summed E-state index contributed by atoms with van der Waals surface area (Å²) < 4.78 is 16.5. The van der Waals surface area contributed by atoms with Gasteiger partial charge in [-0.2, -0.15) is 0 Å². The second-order valence-electron chi connectivity index (χ2n) is 11.8. The van der Waals surface area contributed by atoms with Crippen LogP contribution in [-0.4, -0.2) is 55.9 Å². The van der Waals surface area contributed by atoms with Gasteiger partial charge in [0.1, 0.15) is 23.8 Å². The fourth-order valence-corrected chi connectivity index (χ4v) is 5.10. The van der Waals surface area contributed by atoms with Gasteiger partial charge >= 0.3 is 5.97 Å². The zero-order valence-electron chi connectivity index (χ0n) is 28.9. The lowest BCUT2D eigenvalue weighted by Crippen LogP contribution is -2.39. The Morgan fingerprint density at radius 1 is 0.660 bits per heavy atom. The van der Waals surface area contributed by atoms with E-state index in [1.165, 1.54) is 31.2 Å². The highest BCUT2D eigenvalue weighted by atomic mass is 16.5. The van der Waals surface area contributed by atoms with Gasteiger partial charge in [-0.25, -0.2) is 4.79 Å². The predicted octanol–water partition coefficient (Wildman–Crippen LogP) is 6.83. The molecule has 0 bridgehead atoms. The number of nitrogens with one attached hydrogen (secondary N) is 2. The first kappa shape index (κ1) is 37.2. The van der Waals surface area contributed by atoms with Crippen molar-refractivity contribution in [3.63, 3.8) is 0 Å². The van der Waals surface area contributed by atoms with Crippen molar-refractivity contribution in [2.24, 2.45) is 0 Å². The lowest BCUT2D eigenvalue weighted by atomic mass is 10.1. The highest BCUT2D eigenvalue weighted by Gasteiger charge is 2.20. The molecule has 0 atom stereocenters. The van der Waals surface area contributed by atoms with Crippen LogP contribution in [0, 0.1) is 0 Å². The Balaban J connectivity index is 1.31. The molecule has 0 aliphatic carbocycles. The van der Waals surface area contributed by atoms with Crippen LogP contribution in [0.5, 0.6) is 17.2 Å². The molecule has 0 aliphatic heterocycles. The molecule has 10 heteroatoms. The molecule has 3 amide bonds.